The zero-order valence-corrected chi connectivity index (χ0v) is 15.9. The fourth-order valence-corrected chi connectivity index (χ4v) is 3.95. The summed E-state index contributed by atoms with van der Waals surface area (Å²) >= 11 is 0. The molecule has 0 saturated carbocycles. The summed E-state index contributed by atoms with van der Waals surface area (Å²) < 4.78 is 17.1. The minimum atomic E-state index is -0.167. The van der Waals surface area contributed by atoms with E-state index in [0.29, 0.717) is 41.6 Å². The molecule has 2 aliphatic rings. The first-order valence-electron chi connectivity index (χ1n) is 9.74. The number of nitrogens with zero attached hydrogens (tertiary/aromatic N) is 2. The maximum Gasteiger partial charge on any atom is 0.228 e. The molecular formula is C22H22N2O4. The van der Waals surface area contributed by atoms with E-state index in [2.05, 4.69) is 9.88 Å². The van der Waals surface area contributed by atoms with Crippen LogP contribution in [0, 0.1) is 6.92 Å². The minimum absolute atomic E-state index is 0.167. The number of carbonyl (C=O) groups is 1. The number of ketones is 1. The number of aromatic nitrogens is 1. The second-order valence-corrected chi connectivity index (χ2v) is 7.39. The predicted molar refractivity (Wildman–Crippen MR) is 104 cm³/mol. The Bertz CT molecular complexity index is 1050. The highest BCUT2D eigenvalue weighted by Gasteiger charge is 2.22. The summed E-state index contributed by atoms with van der Waals surface area (Å²) in [6.07, 6.45) is 4.38. The average molecular weight is 378 g/mol. The fraction of sp³-hybridized carbons (Fsp3) is 0.364. The molecule has 0 N–H and O–H groups in total. The van der Waals surface area contributed by atoms with Gasteiger partial charge in [0.15, 0.2) is 22.8 Å². The molecule has 2 aliphatic heterocycles. The van der Waals surface area contributed by atoms with Crippen LogP contribution in [0.2, 0.25) is 0 Å². The van der Waals surface area contributed by atoms with Crippen LogP contribution in [-0.4, -0.2) is 42.0 Å². The monoisotopic (exact) mass is 378 g/mol. The maximum absolute atomic E-state index is 13.0. The quantitative estimate of drug-likeness (QED) is 0.645. The lowest BCUT2D eigenvalue weighted by Gasteiger charge is -2.18. The Hall–Kier alpha value is -2.86. The molecule has 5 rings (SSSR count). The standard InChI is InChI=1S/C22H22N2O4/c1-14-22-17(16(12-23-14)13-24-6-2-3-7-24)11-20(28-22)21(25)15-4-5-18-19(10-15)27-9-8-26-18/h4-5,10-12H,2-3,6-9,13H2,1H3. The van der Waals surface area contributed by atoms with Gasteiger partial charge in [0.25, 0.3) is 0 Å². The molecule has 144 valence electrons. The van der Waals surface area contributed by atoms with Crippen LogP contribution in [-0.2, 0) is 6.54 Å². The van der Waals surface area contributed by atoms with Crippen molar-refractivity contribution in [3.05, 3.63) is 53.0 Å². The molecule has 0 spiro atoms. The number of aryl methyl sites for hydroxylation is 1. The van der Waals surface area contributed by atoms with Gasteiger partial charge in [-0.3, -0.25) is 14.7 Å². The topological polar surface area (TPSA) is 64.8 Å². The van der Waals surface area contributed by atoms with Gasteiger partial charge in [0.1, 0.15) is 13.2 Å². The van der Waals surface area contributed by atoms with Gasteiger partial charge in [0.05, 0.1) is 5.69 Å². The molecule has 4 heterocycles. The van der Waals surface area contributed by atoms with Crippen LogP contribution in [0.5, 0.6) is 11.5 Å². The van der Waals surface area contributed by atoms with Crippen molar-refractivity contribution in [2.24, 2.45) is 0 Å². The molecule has 0 aliphatic carbocycles. The van der Waals surface area contributed by atoms with Crippen LogP contribution in [0.25, 0.3) is 11.0 Å². The SMILES string of the molecule is Cc1ncc(CN2CCCC2)c2cc(C(=O)c3ccc4c(c3)OCCO4)oc12. The van der Waals surface area contributed by atoms with Crippen molar-refractivity contribution in [3.63, 3.8) is 0 Å². The molecule has 1 saturated heterocycles. The first-order valence-corrected chi connectivity index (χ1v) is 9.74. The van der Waals surface area contributed by atoms with E-state index in [4.69, 9.17) is 13.9 Å². The van der Waals surface area contributed by atoms with E-state index < -0.39 is 0 Å². The van der Waals surface area contributed by atoms with Gasteiger partial charge in [0, 0.05) is 23.7 Å². The highest BCUT2D eigenvalue weighted by Crippen LogP contribution is 2.33. The summed E-state index contributed by atoms with van der Waals surface area (Å²) in [7, 11) is 0. The third-order valence-electron chi connectivity index (χ3n) is 5.44. The third kappa shape index (κ3) is 3.03. The molecule has 28 heavy (non-hydrogen) atoms. The number of rotatable bonds is 4. The molecule has 1 aromatic carbocycles. The van der Waals surface area contributed by atoms with Gasteiger partial charge in [-0.15, -0.1) is 0 Å². The van der Waals surface area contributed by atoms with Crippen LogP contribution in [0.3, 0.4) is 0 Å². The van der Waals surface area contributed by atoms with Crippen molar-refractivity contribution in [2.75, 3.05) is 26.3 Å². The van der Waals surface area contributed by atoms with E-state index in [9.17, 15) is 4.79 Å². The number of ether oxygens (including phenoxy) is 2. The summed E-state index contributed by atoms with van der Waals surface area (Å²) in [5, 5.41) is 0.972. The Labute approximate surface area is 163 Å². The van der Waals surface area contributed by atoms with Crippen LogP contribution in [0.15, 0.2) is 34.9 Å². The van der Waals surface area contributed by atoms with Crippen LogP contribution >= 0.6 is 0 Å². The van der Waals surface area contributed by atoms with Crippen molar-refractivity contribution < 1.29 is 18.7 Å². The van der Waals surface area contributed by atoms with Gasteiger partial charge in [-0.05, 0) is 62.7 Å². The Morgan fingerprint density at radius 3 is 2.71 bits per heavy atom. The van der Waals surface area contributed by atoms with Crippen molar-refractivity contribution >= 4 is 16.8 Å². The van der Waals surface area contributed by atoms with Gasteiger partial charge in [-0.1, -0.05) is 0 Å². The summed E-state index contributed by atoms with van der Waals surface area (Å²) in [6.45, 7) is 5.97. The van der Waals surface area contributed by atoms with E-state index in [1.165, 1.54) is 12.8 Å². The summed E-state index contributed by atoms with van der Waals surface area (Å²) in [6, 6.07) is 7.10. The van der Waals surface area contributed by atoms with E-state index in [0.717, 1.165) is 36.3 Å². The molecule has 0 radical (unpaired) electrons. The molecule has 6 heteroatoms. The summed E-state index contributed by atoms with van der Waals surface area (Å²) in [4.78, 5) is 19.9. The lowest BCUT2D eigenvalue weighted by molar-refractivity contribution is 0.101. The third-order valence-corrected chi connectivity index (χ3v) is 5.44. The smallest absolute Gasteiger partial charge is 0.228 e. The van der Waals surface area contributed by atoms with Gasteiger partial charge >= 0.3 is 0 Å². The number of carbonyl (C=O) groups excluding carboxylic acids is 1. The van der Waals surface area contributed by atoms with Crippen molar-refractivity contribution in [3.8, 4) is 11.5 Å². The number of pyridine rings is 1. The van der Waals surface area contributed by atoms with Crippen molar-refractivity contribution in [1.29, 1.82) is 0 Å². The number of benzene rings is 1. The van der Waals surface area contributed by atoms with Crippen LogP contribution in [0.1, 0.15) is 40.2 Å². The fourth-order valence-electron chi connectivity index (χ4n) is 3.95. The van der Waals surface area contributed by atoms with Crippen LogP contribution in [0.4, 0.5) is 0 Å². The second kappa shape index (κ2) is 6.95. The first kappa shape index (κ1) is 17.3. The lowest BCUT2D eigenvalue weighted by atomic mass is 10.1. The highest BCUT2D eigenvalue weighted by molar-refractivity contribution is 6.09. The van der Waals surface area contributed by atoms with Crippen LogP contribution < -0.4 is 9.47 Å². The lowest BCUT2D eigenvalue weighted by Crippen LogP contribution is -2.18. The Morgan fingerprint density at radius 2 is 1.89 bits per heavy atom. The largest absolute Gasteiger partial charge is 0.486 e. The maximum atomic E-state index is 13.0. The van der Waals surface area contributed by atoms with Gasteiger partial charge in [0.2, 0.25) is 5.78 Å². The zero-order chi connectivity index (χ0) is 19.1. The van der Waals surface area contributed by atoms with Gasteiger partial charge in [-0.2, -0.15) is 0 Å². The Morgan fingerprint density at radius 1 is 1.11 bits per heavy atom. The highest BCUT2D eigenvalue weighted by atomic mass is 16.6. The van der Waals surface area contributed by atoms with Gasteiger partial charge in [-0.25, -0.2) is 0 Å². The summed E-state index contributed by atoms with van der Waals surface area (Å²) in [5.41, 5.74) is 3.11. The molecule has 2 aromatic heterocycles. The summed E-state index contributed by atoms with van der Waals surface area (Å²) in [5.74, 6) is 1.42. The minimum Gasteiger partial charge on any atom is -0.486 e. The second-order valence-electron chi connectivity index (χ2n) is 7.39. The molecule has 0 atom stereocenters. The Balaban J connectivity index is 1.50. The van der Waals surface area contributed by atoms with E-state index in [1.54, 1.807) is 18.2 Å². The molecule has 0 bridgehead atoms. The molecular weight excluding hydrogens is 356 g/mol. The number of likely N-dealkylation sites (tertiary alicyclic amines) is 1. The first-order chi connectivity index (χ1) is 13.7. The van der Waals surface area contributed by atoms with E-state index >= 15 is 0 Å². The zero-order valence-electron chi connectivity index (χ0n) is 15.9. The molecule has 6 nitrogen and oxygen atoms in total. The average Bonchev–Trinajstić information content (AvgIpc) is 3.39. The predicted octanol–water partition coefficient (Wildman–Crippen LogP) is 3.73. The molecule has 0 unspecified atom stereocenters. The molecule has 1 fully saturated rings. The van der Waals surface area contributed by atoms with E-state index in [1.807, 2.05) is 19.2 Å². The van der Waals surface area contributed by atoms with Crippen molar-refractivity contribution in [2.45, 2.75) is 26.3 Å². The molecule has 0 amide bonds. The number of hydrogen-bond donors (Lipinski definition) is 0. The van der Waals surface area contributed by atoms with Crippen molar-refractivity contribution in [1.82, 2.24) is 9.88 Å². The number of fused-ring (bicyclic) bond motifs is 2. The number of furan rings is 1. The Kier molecular flexibility index (Phi) is 4.28. The number of hydrogen-bond acceptors (Lipinski definition) is 6. The normalized spacial score (nSPS) is 16.6. The van der Waals surface area contributed by atoms with E-state index in [-0.39, 0.29) is 5.78 Å². The van der Waals surface area contributed by atoms with Gasteiger partial charge < -0.3 is 13.9 Å². The molecule has 3 aromatic rings.